The quantitative estimate of drug-likeness (QED) is 0.870. The smallest absolute Gasteiger partial charge is 0.218 e. The second-order valence-corrected chi connectivity index (χ2v) is 8.52. The van der Waals surface area contributed by atoms with Crippen LogP contribution in [0.5, 0.6) is 0 Å². The molecule has 2 atom stereocenters. The Bertz CT molecular complexity index is 637. The van der Waals surface area contributed by atoms with Gasteiger partial charge in [-0.05, 0) is 17.5 Å². The van der Waals surface area contributed by atoms with Gasteiger partial charge in [0.1, 0.15) is 5.25 Å². The molecule has 1 heterocycles. The summed E-state index contributed by atoms with van der Waals surface area (Å²) >= 11 is 12.3. The van der Waals surface area contributed by atoms with Gasteiger partial charge in [0.25, 0.3) is 0 Å². The van der Waals surface area contributed by atoms with Crippen LogP contribution in [0, 0.1) is 5.92 Å². The minimum absolute atomic E-state index is 0.0808. The van der Waals surface area contributed by atoms with Crippen LogP contribution in [0.1, 0.15) is 25.5 Å². The predicted molar refractivity (Wildman–Crippen MR) is 88.5 cm³/mol. The van der Waals surface area contributed by atoms with Crippen LogP contribution in [0.25, 0.3) is 0 Å². The van der Waals surface area contributed by atoms with Crippen molar-refractivity contribution >= 4 is 33.2 Å². The zero-order valence-corrected chi connectivity index (χ0v) is 15.0. The van der Waals surface area contributed by atoms with E-state index in [9.17, 15) is 8.42 Å². The Kier molecular flexibility index (Phi) is 5.74. The Morgan fingerprint density at radius 1 is 1.41 bits per heavy atom. The molecule has 1 aromatic carbocycles. The van der Waals surface area contributed by atoms with E-state index in [1.165, 1.54) is 5.06 Å². The Morgan fingerprint density at radius 2 is 2.09 bits per heavy atom. The Labute approximate surface area is 141 Å². The molecule has 22 heavy (non-hydrogen) atoms. The first-order chi connectivity index (χ1) is 10.2. The SMILES string of the molecule is CC(C)CNS(=O)(=O)[C@@H]1CON(C)[C@@H]1c1cccc(Cl)c1Cl. The van der Waals surface area contributed by atoms with Crippen molar-refractivity contribution in [2.75, 3.05) is 20.2 Å². The van der Waals surface area contributed by atoms with Crippen LogP contribution in [0.3, 0.4) is 0 Å². The van der Waals surface area contributed by atoms with E-state index in [2.05, 4.69) is 4.72 Å². The molecule has 1 fully saturated rings. The third-order valence-corrected chi connectivity index (χ3v) is 6.17. The van der Waals surface area contributed by atoms with Crippen molar-refractivity contribution in [3.05, 3.63) is 33.8 Å². The number of sulfonamides is 1. The van der Waals surface area contributed by atoms with E-state index in [1.54, 1.807) is 25.2 Å². The van der Waals surface area contributed by atoms with Crippen molar-refractivity contribution in [1.29, 1.82) is 0 Å². The molecular formula is C14H20Cl2N2O3S. The summed E-state index contributed by atoms with van der Waals surface area (Å²) in [4.78, 5) is 5.43. The third-order valence-electron chi connectivity index (χ3n) is 3.58. The number of halogens is 2. The predicted octanol–water partition coefficient (Wildman–Crippen LogP) is 2.86. The molecule has 124 valence electrons. The number of rotatable bonds is 5. The van der Waals surface area contributed by atoms with Gasteiger partial charge in [-0.15, -0.1) is 0 Å². The summed E-state index contributed by atoms with van der Waals surface area (Å²) in [5, 5.41) is 1.53. The first-order valence-corrected chi connectivity index (χ1v) is 9.32. The molecule has 0 radical (unpaired) electrons. The van der Waals surface area contributed by atoms with Crippen LogP contribution in [0.15, 0.2) is 18.2 Å². The van der Waals surface area contributed by atoms with Gasteiger partial charge in [0, 0.05) is 13.6 Å². The van der Waals surface area contributed by atoms with E-state index < -0.39 is 21.3 Å². The second kappa shape index (κ2) is 7.03. The minimum Gasteiger partial charge on any atom is -0.297 e. The fraction of sp³-hybridized carbons (Fsp3) is 0.571. The monoisotopic (exact) mass is 366 g/mol. The highest BCUT2D eigenvalue weighted by Gasteiger charge is 2.44. The Morgan fingerprint density at radius 3 is 2.73 bits per heavy atom. The molecule has 8 heteroatoms. The molecular weight excluding hydrogens is 347 g/mol. The highest BCUT2D eigenvalue weighted by molar-refractivity contribution is 7.90. The number of benzene rings is 1. The molecule has 1 aromatic rings. The first-order valence-electron chi connectivity index (χ1n) is 7.02. The van der Waals surface area contributed by atoms with Crippen molar-refractivity contribution < 1.29 is 13.3 Å². The van der Waals surface area contributed by atoms with Gasteiger partial charge in [0.2, 0.25) is 10.0 Å². The lowest BCUT2D eigenvalue weighted by molar-refractivity contribution is -0.110. The lowest BCUT2D eigenvalue weighted by Crippen LogP contribution is -2.40. The van der Waals surface area contributed by atoms with Crippen molar-refractivity contribution in [3.8, 4) is 0 Å². The van der Waals surface area contributed by atoms with E-state index in [4.69, 9.17) is 28.0 Å². The first kappa shape index (κ1) is 18.0. The van der Waals surface area contributed by atoms with Crippen LogP contribution in [0.2, 0.25) is 10.0 Å². The summed E-state index contributed by atoms with van der Waals surface area (Å²) in [6.45, 7) is 4.37. The molecule has 2 rings (SSSR count). The van der Waals surface area contributed by atoms with E-state index >= 15 is 0 Å². The molecule has 0 spiro atoms. The average molecular weight is 367 g/mol. The highest BCUT2D eigenvalue weighted by Crippen LogP contribution is 2.39. The summed E-state index contributed by atoms with van der Waals surface area (Å²) < 4.78 is 27.8. The Balaban J connectivity index is 2.34. The molecule has 0 bridgehead atoms. The highest BCUT2D eigenvalue weighted by atomic mass is 35.5. The van der Waals surface area contributed by atoms with Gasteiger partial charge in [-0.1, -0.05) is 49.2 Å². The summed E-state index contributed by atoms with van der Waals surface area (Å²) in [5.74, 6) is 0.225. The van der Waals surface area contributed by atoms with Crippen molar-refractivity contribution in [1.82, 2.24) is 9.79 Å². The molecule has 5 nitrogen and oxygen atoms in total. The average Bonchev–Trinajstić information content (AvgIpc) is 2.82. The molecule has 0 unspecified atom stereocenters. The third kappa shape index (κ3) is 3.75. The van der Waals surface area contributed by atoms with Gasteiger partial charge in [-0.2, -0.15) is 5.06 Å². The molecule has 1 aliphatic rings. The number of hydrogen-bond acceptors (Lipinski definition) is 4. The normalized spacial score (nSPS) is 23.4. The fourth-order valence-electron chi connectivity index (χ4n) is 2.39. The number of nitrogens with zero attached hydrogens (tertiary/aromatic N) is 1. The minimum atomic E-state index is -3.53. The summed E-state index contributed by atoms with van der Waals surface area (Å²) in [7, 11) is -1.84. The lowest BCUT2D eigenvalue weighted by atomic mass is 10.0. The summed E-state index contributed by atoms with van der Waals surface area (Å²) in [6, 6.07) is 4.69. The largest absolute Gasteiger partial charge is 0.297 e. The maximum absolute atomic E-state index is 12.6. The molecule has 1 saturated heterocycles. The van der Waals surface area contributed by atoms with Gasteiger partial charge in [-0.3, -0.25) is 4.84 Å². The molecule has 1 aliphatic heterocycles. The van der Waals surface area contributed by atoms with E-state index in [-0.39, 0.29) is 12.5 Å². The van der Waals surface area contributed by atoms with Gasteiger partial charge in [0.15, 0.2) is 0 Å². The molecule has 0 amide bonds. The number of nitrogens with one attached hydrogen (secondary N) is 1. The summed E-state index contributed by atoms with van der Waals surface area (Å²) in [6.07, 6.45) is 0. The topological polar surface area (TPSA) is 58.6 Å². The molecule has 0 saturated carbocycles. The van der Waals surface area contributed by atoms with E-state index in [0.29, 0.717) is 22.2 Å². The van der Waals surface area contributed by atoms with Crippen molar-refractivity contribution in [2.24, 2.45) is 5.92 Å². The molecule has 0 aliphatic carbocycles. The van der Waals surface area contributed by atoms with Crippen LogP contribution in [-0.2, 0) is 14.9 Å². The summed E-state index contributed by atoms with van der Waals surface area (Å²) in [5.41, 5.74) is 0.647. The Hall–Kier alpha value is -0.370. The van der Waals surface area contributed by atoms with Crippen LogP contribution < -0.4 is 4.72 Å². The van der Waals surface area contributed by atoms with Gasteiger partial charge in [-0.25, -0.2) is 13.1 Å². The number of hydroxylamine groups is 2. The van der Waals surface area contributed by atoms with Crippen LogP contribution in [-0.4, -0.2) is 38.9 Å². The van der Waals surface area contributed by atoms with Crippen LogP contribution in [0.4, 0.5) is 0 Å². The van der Waals surface area contributed by atoms with E-state index in [1.807, 2.05) is 13.8 Å². The van der Waals surface area contributed by atoms with Crippen molar-refractivity contribution in [2.45, 2.75) is 25.1 Å². The lowest BCUT2D eigenvalue weighted by Gasteiger charge is -2.24. The molecule has 1 N–H and O–H groups in total. The van der Waals surface area contributed by atoms with Crippen molar-refractivity contribution in [3.63, 3.8) is 0 Å². The van der Waals surface area contributed by atoms with Gasteiger partial charge < -0.3 is 0 Å². The standard InChI is InChI=1S/C14H20Cl2N2O3S/c1-9(2)7-17-22(19,20)12-8-21-18(3)14(12)10-5-4-6-11(15)13(10)16/h4-6,9,12,14,17H,7-8H2,1-3H3/t12-,14-/m1/s1. The van der Waals surface area contributed by atoms with Gasteiger partial charge >= 0.3 is 0 Å². The zero-order valence-electron chi connectivity index (χ0n) is 12.7. The maximum Gasteiger partial charge on any atom is 0.218 e. The van der Waals surface area contributed by atoms with E-state index in [0.717, 1.165) is 0 Å². The van der Waals surface area contributed by atoms with Gasteiger partial charge in [0.05, 0.1) is 22.7 Å². The number of hydrogen-bond donors (Lipinski definition) is 1. The second-order valence-electron chi connectivity index (χ2n) is 5.76. The maximum atomic E-state index is 12.6. The zero-order chi connectivity index (χ0) is 16.5. The van der Waals surface area contributed by atoms with Crippen LogP contribution >= 0.6 is 23.2 Å². The molecule has 0 aromatic heterocycles. The fourth-order valence-corrected chi connectivity index (χ4v) is 4.49.